The number of fused-ring (bicyclic) bond motifs is 1. The van der Waals surface area contributed by atoms with E-state index >= 15 is 0 Å². The summed E-state index contributed by atoms with van der Waals surface area (Å²) in [6, 6.07) is 5.26. The number of carbonyl (C=O) groups is 1. The maximum atomic E-state index is 11.1. The predicted molar refractivity (Wildman–Crippen MR) is 64.4 cm³/mol. The topological polar surface area (TPSA) is 91.8 Å². The number of carbonyl (C=O) groups excluding carboxylic acids is 1. The van der Waals surface area contributed by atoms with Crippen molar-refractivity contribution in [2.75, 3.05) is 0 Å². The first kappa shape index (κ1) is 10.5. The fraction of sp³-hybridized carbons (Fsp3) is 0.0833. The fourth-order valence-electron chi connectivity index (χ4n) is 1.76. The maximum absolute atomic E-state index is 11.1. The average Bonchev–Trinajstić information content (AvgIpc) is 2.91. The molecule has 0 saturated carbocycles. The second-order valence-corrected chi connectivity index (χ2v) is 3.93. The lowest BCUT2D eigenvalue weighted by Crippen LogP contribution is -1.93. The van der Waals surface area contributed by atoms with E-state index in [9.17, 15) is 9.59 Å². The lowest BCUT2D eigenvalue weighted by atomic mass is 10.1. The Morgan fingerprint density at radius 2 is 2.17 bits per heavy atom. The Balaban J connectivity index is 2.12. The molecule has 0 atom stereocenters. The third-order valence-electron chi connectivity index (χ3n) is 2.64. The normalized spacial score (nSPS) is 10.9. The minimum absolute atomic E-state index is 0.129. The molecule has 6 nitrogen and oxygen atoms in total. The van der Waals surface area contributed by atoms with Crippen LogP contribution in [0, 0.1) is 0 Å². The zero-order valence-electron chi connectivity index (χ0n) is 9.48. The molecule has 2 N–H and O–H groups in total. The second kappa shape index (κ2) is 3.69. The number of aromatic nitrogens is 3. The number of hydrogen-bond acceptors (Lipinski definition) is 4. The van der Waals surface area contributed by atoms with Gasteiger partial charge in [0.15, 0.2) is 17.2 Å². The predicted octanol–water partition coefficient (Wildman–Crippen LogP) is 1.71. The standard InChI is InChI=1S/C12H9N3O3/c1-6(16)11-13-5-9(14-11)7-2-3-8-10(4-7)18-12(17)15-8/h2-5H,1H3,(H,13,14)(H,15,17). The highest BCUT2D eigenvalue weighted by Gasteiger charge is 2.08. The van der Waals surface area contributed by atoms with Crippen LogP contribution in [0.3, 0.4) is 0 Å². The Morgan fingerprint density at radius 1 is 1.33 bits per heavy atom. The molecular weight excluding hydrogens is 234 g/mol. The van der Waals surface area contributed by atoms with Crippen LogP contribution in [0.1, 0.15) is 17.5 Å². The first-order valence-corrected chi connectivity index (χ1v) is 5.33. The van der Waals surface area contributed by atoms with Crippen LogP contribution >= 0.6 is 0 Å². The molecule has 0 aliphatic carbocycles. The Kier molecular flexibility index (Phi) is 2.16. The highest BCUT2D eigenvalue weighted by Crippen LogP contribution is 2.21. The smallest absolute Gasteiger partial charge is 0.408 e. The van der Waals surface area contributed by atoms with Crippen LogP contribution < -0.4 is 5.76 Å². The summed E-state index contributed by atoms with van der Waals surface area (Å²) in [5.74, 6) is -0.313. The summed E-state index contributed by atoms with van der Waals surface area (Å²) >= 11 is 0. The highest BCUT2D eigenvalue weighted by atomic mass is 16.4. The number of hydrogen-bond donors (Lipinski definition) is 2. The van der Waals surface area contributed by atoms with Gasteiger partial charge in [0.1, 0.15) is 0 Å². The quantitative estimate of drug-likeness (QED) is 0.670. The molecule has 0 aliphatic rings. The van der Waals surface area contributed by atoms with E-state index in [-0.39, 0.29) is 5.78 Å². The molecule has 0 fully saturated rings. The summed E-state index contributed by atoms with van der Waals surface area (Å²) < 4.78 is 4.97. The average molecular weight is 243 g/mol. The number of imidazole rings is 1. The summed E-state index contributed by atoms with van der Waals surface area (Å²) in [6.45, 7) is 1.44. The lowest BCUT2D eigenvalue weighted by Gasteiger charge is -1.96. The maximum Gasteiger partial charge on any atom is 0.417 e. The minimum atomic E-state index is -0.490. The van der Waals surface area contributed by atoms with Crippen molar-refractivity contribution in [3.63, 3.8) is 0 Å². The number of Topliss-reactive ketones (excluding diaryl/α,β-unsaturated/α-hetero) is 1. The van der Waals surface area contributed by atoms with Crippen LogP contribution in [0.25, 0.3) is 22.4 Å². The van der Waals surface area contributed by atoms with E-state index in [1.54, 1.807) is 18.3 Å². The van der Waals surface area contributed by atoms with Crippen molar-refractivity contribution >= 4 is 16.9 Å². The molecule has 3 aromatic rings. The summed E-state index contributed by atoms with van der Waals surface area (Å²) in [7, 11) is 0. The van der Waals surface area contributed by atoms with Crippen LogP contribution in [-0.2, 0) is 0 Å². The van der Waals surface area contributed by atoms with Crippen LogP contribution in [0.15, 0.2) is 33.6 Å². The molecule has 0 aliphatic heterocycles. The summed E-state index contributed by atoms with van der Waals surface area (Å²) in [6.07, 6.45) is 1.57. The molecule has 0 saturated heterocycles. The van der Waals surface area contributed by atoms with Crippen molar-refractivity contribution in [2.24, 2.45) is 0 Å². The van der Waals surface area contributed by atoms with Crippen molar-refractivity contribution in [1.82, 2.24) is 15.0 Å². The van der Waals surface area contributed by atoms with Crippen molar-refractivity contribution < 1.29 is 9.21 Å². The van der Waals surface area contributed by atoms with Crippen LogP contribution in [-0.4, -0.2) is 20.7 Å². The fourth-order valence-corrected chi connectivity index (χ4v) is 1.76. The number of aromatic amines is 2. The van der Waals surface area contributed by atoms with E-state index in [0.29, 0.717) is 22.6 Å². The van der Waals surface area contributed by atoms with Crippen molar-refractivity contribution in [3.05, 3.63) is 40.8 Å². The highest BCUT2D eigenvalue weighted by molar-refractivity contribution is 5.91. The first-order valence-electron chi connectivity index (χ1n) is 5.33. The lowest BCUT2D eigenvalue weighted by molar-refractivity contribution is 0.100. The van der Waals surface area contributed by atoms with Gasteiger partial charge in [-0.05, 0) is 12.1 Å². The van der Waals surface area contributed by atoms with Crippen molar-refractivity contribution in [1.29, 1.82) is 0 Å². The van der Waals surface area contributed by atoms with Gasteiger partial charge in [-0.1, -0.05) is 6.07 Å². The zero-order chi connectivity index (χ0) is 12.7. The van der Waals surface area contributed by atoms with Gasteiger partial charge < -0.3 is 9.40 Å². The monoisotopic (exact) mass is 243 g/mol. The van der Waals surface area contributed by atoms with E-state index in [0.717, 1.165) is 5.56 Å². The van der Waals surface area contributed by atoms with Gasteiger partial charge in [-0.25, -0.2) is 9.78 Å². The van der Waals surface area contributed by atoms with Gasteiger partial charge in [-0.2, -0.15) is 0 Å². The largest absolute Gasteiger partial charge is 0.417 e. The van der Waals surface area contributed by atoms with Crippen LogP contribution in [0.2, 0.25) is 0 Å². The molecule has 2 aromatic heterocycles. The Bertz CT molecular complexity index is 794. The second-order valence-electron chi connectivity index (χ2n) is 3.93. The summed E-state index contributed by atoms with van der Waals surface area (Å²) in [5, 5.41) is 0. The van der Waals surface area contributed by atoms with E-state index in [1.165, 1.54) is 6.92 Å². The van der Waals surface area contributed by atoms with Gasteiger partial charge in [0, 0.05) is 12.5 Å². The number of benzene rings is 1. The molecule has 0 amide bonds. The molecule has 0 radical (unpaired) electrons. The van der Waals surface area contributed by atoms with Crippen molar-refractivity contribution in [2.45, 2.75) is 6.92 Å². The number of nitrogens with one attached hydrogen (secondary N) is 2. The van der Waals surface area contributed by atoms with Crippen LogP contribution in [0.4, 0.5) is 0 Å². The summed E-state index contributed by atoms with van der Waals surface area (Å²) in [5.41, 5.74) is 2.60. The Hall–Kier alpha value is -2.63. The Labute approximate surface area is 101 Å². The van der Waals surface area contributed by atoms with E-state index in [4.69, 9.17) is 4.42 Å². The van der Waals surface area contributed by atoms with E-state index in [2.05, 4.69) is 15.0 Å². The molecule has 18 heavy (non-hydrogen) atoms. The van der Waals surface area contributed by atoms with Gasteiger partial charge in [-0.15, -0.1) is 0 Å². The van der Waals surface area contributed by atoms with Gasteiger partial charge in [-0.3, -0.25) is 9.78 Å². The number of oxazole rings is 1. The zero-order valence-corrected chi connectivity index (χ0v) is 9.48. The number of H-pyrrole nitrogens is 2. The minimum Gasteiger partial charge on any atom is -0.408 e. The Morgan fingerprint density at radius 3 is 2.89 bits per heavy atom. The third-order valence-corrected chi connectivity index (χ3v) is 2.64. The molecule has 0 bridgehead atoms. The summed E-state index contributed by atoms with van der Waals surface area (Å²) in [4.78, 5) is 31.6. The van der Waals surface area contributed by atoms with Gasteiger partial charge >= 0.3 is 5.76 Å². The molecular formula is C12H9N3O3. The molecule has 1 aromatic carbocycles. The molecule has 90 valence electrons. The number of rotatable bonds is 2. The van der Waals surface area contributed by atoms with E-state index < -0.39 is 5.76 Å². The van der Waals surface area contributed by atoms with Gasteiger partial charge in [0.25, 0.3) is 0 Å². The van der Waals surface area contributed by atoms with Crippen molar-refractivity contribution in [3.8, 4) is 11.3 Å². The number of ketones is 1. The molecule has 0 spiro atoms. The van der Waals surface area contributed by atoms with Gasteiger partial charge in [0.2, 0.25) is 0 Å². The third kappa shape index (κ3) is 1.64. The first-order chi connectivity index (χ1) is 8.63. The van der Waals surface area contributed by atoms with Crippen LogP contribution in [0.5, 0.6) is 0 Å². The molecule has 2 heterocycles. The molecule has 6 heteroatoms. The van der Waals surface area contributed by atoms with E-state index in [1.807, 2.05) is 6.07 Å². The van der Waals surface area contributed by atoms with Gasteiger partial charge in [0.05, 0.1) is 17.4 Å². The SMILES string of the molecule is CC(=O)c1ncc(-c2ccc3[nH]c(=O)oc3c2)[nH]1. The molecule has 0 unspecified atom stereocenters. The number of nitrogens with zero attached hydrogens (tertiary/aromatic N) is 1. The molecule has 3 rings (SSSR count).